The van der Waals surface area contributed by atoms with Crippen molar-refractivity contribution < 1.29 is 9.53 Å². The maximum absolute atomic E-state index is 12.5. The highest BCUT2D eigenvalue weighted by Gasteiger charge is 2.14. The lowest BCUT2D eigenvalue weighted by Gasteiger charge is -2.11. The predicted molar refractivity (Wildman–Crippen MR) is 123 cm³/mol. The van der Waals surface area contributed by atoms with Gasteiger partial charge in [0.2, 0.25) is 0 Å². The van der Waals surface area contributed by atoms with Crippen molar-refractivity contribution in [2.75, 3.05) is 12.4 Å². The van der Waals surface area contributed by atoms with Crippen molar-refractivity contribution in [1.82, 2.24) is 19.9 Å². The van der Waals surface area contributed by atoms with Crippen LogP contribution in [0.25, 0.3) is 0 Å². The van der Waals surface area contributed by atoms with E-state index in [2.05, 4.69) is 20.6 Å². The SMILES string of the molecule is CN/C=C\C(=N)c1cc(Oc2ccc(NC(=O)c3cccn(C(C)C)c3=O)nc2)ccn1. The number of pyridine rings is 3. The van der Waals surface area contributed by atoms with E-state index in [1.54, 1.807) is 62.0 Å². The van der Waals surface area contributed by atoms with E-state index in [0.717, 1.165) is 0 Å². The molecule has 0 fully saturated rings. The number of hydrogen-bond acceptors (Lipinski definition) is 7. The van der Waals surface area contributed by atoms with Crippen LogP contribution in [0.5, 0.6) is 11.5 Å². The van der Waals surface area contributed by atoms with E-state index in [1.807, 2.05) is 13.8 Å². The molecule has 0 aliphatic heterocycles. The number of rotatable bonds is 8. The van der Waals surface area contributed by atoms with Crippen LogP contribution in [0.1, 0.15) is 35.9 Å². The van der Waals surface area contributed by atoms with Crippen LogP contribution in [0.15, 0.2) is 72.1 Å². The minimum absolute atomic E-state index is 0.0439. The molecule has 0 aliphatic rings. The van der Waals surface area contributed by atoms with Crippen LogP contribution in [0.2, 0.25) is 0 Å². The average Bonchev–Trinajstić information content (AvgIpc) is 2.78. The zero-order chi connectivity index (χ0) is 23.1. The van der Waals surface area contributed by atoms with Crippen LogP contribution < -0.4 is 20.9 Å². The fraction of sp³-hybridized carbons (Fsp3) is 0.174. The Morgan fingerprint density at radius 3 is 2.69 bits per heavy atom. The molecule has 1 amide bonds. The van der Waals surface area contributed by atoms with Crippen LogP contribution in [-0.2, 0) is 0 Å². The summed E-state index contributed by atoms with van der Waals surface area (Å²) in [5.41, 5.74) is 0.380. The molecule has 0 saturated heterocycles. The van der Waals surface area contributed by atoms with Crippen molar-refractivity contribution >= 4 is 17.4 Å². The third-order valence-electron chi connectivity index (χ3n) is 4.41. The van der Waals surface area contributed by atoms with Gasteiger partial charge in [0.1, 0.15) is 22.9 Å². The van der Waals surface area contributed by atoms with Crippen molar-refractivity contribution in [1.29, 1.82) is 5.41 Å². The molecule has 9 heteroatoms. The minimum Gasteiger partial charge on any atom is -0.456 e. The monoisotopic (exact) mass is 432 g/mol. The van der Waals surface area contributed by atoms with E-state index in [1.165, 1.54) is 16.8 Å². The van der Waals surface area contributed by atoms with Gasteiger partial charge in [-0.1, -0.05) is 0 Å². The zero-order valence-corrected chi connectivity index (χ0v) is 18.0. The molecule has 3 rings (SSSR count). The molecule has 0 atom stereocenters. The molecule has 0 aliphatic carbocycles. The third-order valence-corrected chi connectivity index (χ3v) is 4.41. The highest BCUT2D eigenvalue weighted by molar-refractivity contribution is 6.05. The Hall–Kier alpha value is -4.27. The molecule has 0 saturated carbocycles. The first-order valence-corrected chi connectivity index (χ1v) is 9.94. The number of nitrogens with zero attached hydrogens (tertiary/aromatic N) is 3. The summed E-state index contributed by atoms with van der Waals surface area (Å²) in [6, 6.07) is 9.64. The summed E-state index contributed by atoms with van der Waals surface area (Å²) in [5.74, 6) is 0.697. The Bertz CT molecular complexity index is 1200. The van der Waals surface area contributed by atoms with Gasteiger partial charge in [-0.3, -0.25) is 20.0 Å². The number of anilines is 1. The molecule has 3 aromatic rings. The summed E-state index contributed by atoms with van der Waals surface area (Å²) in [7, 11) is 1.75. The van der Waals surface area contributed by atoms with Crippen LogP contribution in [0.3, 0.4) is 0 Å². The second kappa shape index (κ2) is 10.2. The zero-order valence-electron chi connectivity index (χ0n) is 18.0. The van der Waals surface area contributed by atoms with Gasteiger partial charge in [0, 0.05) is 31.5 Å². The molecular formula is C23H24N6O3. The Labute approximate surface area is 185 Å². The van der Waals surface area contributed by atoms with Crippen molar-refractivity contribution in [3.05, 3.63) is 88.9 Å². The summed E-state index contributed by atoms with van der Waals surface area (Å²) in [5, 5.41) is 13.5. The van der Waals surface area contributed by atoms with Gasteiger partial charge in [-0.2, -0.15) is 0 Å². The van der Waals surface area contributed by atoms with Gasteiger partial charge in [0.15, 0.2) is 0 Å². The summed E-state index contributed by atoms with van der Waals surface area (Å²) in [6.45, 7) is 3.74. The second-order valence-corrected chi connectivity index (χ2v) is 7.08. The Balaban J connectivity index is 1.69. The van der Waals surface area contributed by atoms with Gasteiger partial charge >= 0.3 is 0 Å². The molecular weight excluding hydrogens is 408 g/mol. The van der Waals surface area contributed by atoms with Crippen molar-refractivity contribution in [2.45, 2.75) is 19.9 Å². The highest BCUT2D eigenvalue weighted by Crippen LogP contribution is 2.22. The Kier molecular flexibility index (Phi) is 7.12. The van der Waals surface area contributed by atoms with Crippen LogP contribution >= 0.6 is 0 Å². The quantitative estimate of drug-likeness (QED) is 0.469. The van der Waals surface area contributed by atoms with E-state index in [0.29, 0.717) is 17.2 Å². The minimum atomic E-state index is -0.530. The van der Waals surface area contributed by atoms with Crippen LogP contribution in [0, 0.1) is 5.41 Å². The lowest BCUT2D eigenvalue weighted by atomic mass is 10.2. The summed E-state index contributed by atoms with van der Waals surface area (Å²) < 4.78 is 7.27. The number of carbonyl (C=O) groups excluding carboxylic acids is 1. The Morgan fingerprint density at radius 1 is 1.19 bits per heavy atom. The molecule has 0 radical (unpaired) electrons. The predicted octanol–water partition coefficient (Wildman–Crippen LogP) is 3.36. The number of aromatic nitrogens is 3. The normalized spacial score (nSPS) is 10.9. The average molecular weight is 432 g/mol. The number of allylic oxidation sites excluding steroid dienone is 1. The van der Waals surface area contributed by atoms with Crippen molar-refractivity contribution in [2.24, 2.45) is 0 Å². The molecule has 32 heavy (non-hydrogen) atoms. The first-order valence-electron chi connectivity index (χ1n) is 9.94. The second-order valence-electron chi connectivity index (χ2n) is 7.08. The number of ether oxygens (including phenoxy) is 1. The molecule has 164 valence electrons. The van der Waals surface area contributed by atoms with Gasteiger partial charge in [0.25, 0.3) is 11.5 Å². The third kappa shape index (κ3) is 5.45. The molecule has 3 heterocycles. The smallest absolute Gasteiger partial charge is 0.263 e. The van der Waals surface area contributed by atoms with Crippen LogP contribution in [0.4, 0.5) is 5.82 Å². The maximum atomic E-state index is 12.5. The maximum Gasteiger partial charge on any atom is 0.263 e. The number of amides is 1. The first kappa shape index (κ1) is 22.4. The fourth-order valence-electron chi connectivity index (χ4n) is 2.80. The first-order chi connectivity index (χ1) is 15.4. The van der Waals surface area contributed by atoms with Crippen molar-refractivity contribution in [3.63, 3.8) is 0 Å². The van der Waals surface area contributed by atoms with E-state index >= 15 is 0 Å². The highest BCUT2D eigenvalue weighted by atomic mass is 16.5. The standard InChI is InChI=1S/C23H24N6O3/c1-15(2)29-12-4-5-18(23(29)31)22(30)28-21-7-6-17(14-27-21)32-16-8-11-26-20(13-16)19(24)9-10-25-3/h4-15,24-25H,1-3H3,(H,27,28,30)/b10-9-,24-19?. The number of nitrogens with one attached hydrogen (secondary N) is 3. The van der Waals surface area contributed by atoms with Crippen molar-refractivity contribution in [3.8, 4) is 11.5 Å². The van der Waals surface area contributed by atoms with Gasteiger partial charge in [-0.05, 0) is 56.5 Å². The van der Waals surface area contributed by atoms with E-state index in [9.17, 15) is 9.59 Å². The topological polar surface area (TPSA) is 122 Å². The summed E-state index contributed by atoms with van der Waals surface area (Å²) in [4.78, 5) is 33.3. The summed E-state index contributed by atoms with van der Waals surface area (Å²) in [6.07, 6.45) is 7.89. The molecule has 9 nitrogen and oxygen atoms in total. The number of carbonyl (C=O) groups is 1. The van der Waals surface area contributed by atoms with Gasteiger partial charge < -0.3 is 19.9 Å². The largest absolute Gasteiger partial charge is 0.456 e. The number of hydrogen-bond donors (Lipinski definition) is 3. The van der Waals surface area contributed by atoms with Gasteiger partial charge in [-0.15, -0.1) is 0 Å². The van der Waals surface area contributed by atoms with E-state index in [4.69, 9.17) is 10.1 Å². The van der Waals surface area contributed by atoms with E-state index < -0.39 is 5.91 Å². The molecule has 0 bridgehead atoms. The lowest BCUT2D eigenvalue weighted by Crippen LogP contribution is -2.29. The fourth-order valence-corrected chi connectivity index (χ4v) is 2.80. The lowest BCUT2D eigenvalue weighted by molar-refractivity contribution is 0.102. The van der Waals surface area contributed by atoms with E-state index in [-0.39, 0.29) is 28.7 Å². The molecule has 0 aromatic carbocycles. The Morgan fingerprint density at radius 2 is 2.00 bits per heavy atom. The van der Waals surface area contributed by atoms with Gasteiger partial charge in [-0.25, -0.2) is 4.98 Å². The molecule has 0 unspecified atom stereocenters. The summed E-state index contributed by atoms with van der Waals surface area (Å²) >= 11 is 0. The molecule has 3 aromatic heterocycles. The van der Waals surface area contributed by atoms with Crippen LogP contribution in [-0.4, -0.2) is 33.2 Å². The molecule has 0 spiro atoms. The molecule has 3 N–H and O–H groups in total. The van der Waals surface area contributed by atoms with Gasteiger partial charge in [0.05, 0.1) is 17.6 Å².